The molecule has 1 aromatic heterocycles. The largest absolute Gasteiger partial charge is 0.418 e. The van der Waals surface area contributed by atoms with Crippen molar-refractivity contribution in [3.8, 4) is 0 Å². The monoisotopic (exact) mass is 681 g/mol. The molecule has 2 aliphatic rings. The number of aromatic nitrogens is 1. The first-order valence-electron chi connectivity index (χ1n) is 12.8. The van der Waals surface area contributed by atoms with Crippen molar-refractivity contribution in [2.24, 2.45) is 5.92 Å². The number of nitrogens with one attached hydrogen (secondary N) is 1. The minimum Gasteiger partial charge on any atom is -0.324 e. The second-order valence-corrected chi connectivity index (χ2v) is 12.8. The predicted molar refractivity (Wildman–Crippen MR) is 159 cm³/mol. The van der Waals surface area contributed by atoms with E-state index in [0.29, 0.717) is 10.4 Å². The van der Waals surface area contributed by atoms with Gasteiger partial charge in [-0.2, -0.15) is 13.2 Å². The van der Waals surface area contributed by atoms with Crippen LogP contribution in [0.25, 0.3) is 0 Å². The Kier molecular flexibility index (Phi) is 7.85. The zero-order valence-electron chi connectivity index (χ0n) is 21.9. The average molecular weight is 683 g/mol. The molecule has 0 aliphatic carbocycles. The summed E-state index contributed by atoms with van der Waals surface area (Å²) in [5, 5.41) is 1.62. The number of hydrogen-bond acceptors (Lipinski definition) is 6. The van der Waals surface area contributed by atoms with Crippen molar-refractivity contribution in [3.63, 3.8) is 0 Å². The maximum atomic E-state index is 13.9. The third kappa shape index (κ3) is 5.21. The number of nitrogens with zero attached hydrogens (tertiary/aromatic N) is 2. The van der Waals surface area contributed by atoms with Gasteiger partial charge < -0.3 is 5.32 Å². The molecule has 1 saturated heterocycles. The summed E-state index contributed by atoms with van der Waals surface area (Å²) in [6.45, 7) is -0.666. The molecule has 4 aromatic rings. The first kappa shape index (κ1) is 30.4. The zero-order chi connectivity index (χ0) is 31.5. The molecule has 6 rings (SSSR count). The Morgan fingerprint density at radius 3 is 2.34 bits per heavy atom. The molecule has 3 amide bonds. The Morgan fingerprint density at radius 2 is 1.64 bits per heavy atom. The van der Waals surface area contributed by atoms with E-state index in [-0.39, 0.29) is 20.8 Å². The minimum atomic E-state index is -4.73. The fourth-order valence-electron chi connectivity index (χ4n) is 5.37. The molecular weight excluding hydrogens is 665 g/mol. The third-order valence-corrected chi connectivity index (χ3v) is 10.7. The Balaban J connectivity index is 1.42. The molecule has 1 N–H and O–H groups in total. The van der Waals surface area contributed by atoms with Crippen molar-refractivity contribution in [2.45, 2.75) is 28.9 Å². The minimum absolute atomic E-state index is 0.102. The molecule has 3 aromatic carbocycles. The van der Waals surface area contributed by atoms with Crippen LogP contribution < -0.4 is 15.1 Å². The molecule has 2 aliphatic heterocycles. The molecule has 0 bridgehead atoms. The summed E-state index contributed by atoms with van der Waals surface area (Å²) in [6, 6.07) is 14.0. The lowest BCUT2D eigenvalue weighted by Crippen LogP contribution is -2.33. The maximum absolute atomic E-state index is 13.9. The standard InChI is InChI=1S/C29H17Cl2F4N3O4S2/c30-17-6-3-4-15(22(17)31)20-21-23(26(41)38(25(21)40)14-10-8-13(32)9-11-14)43-27-24(20)44-28(42)37(27)12-19(39)36-18-7-2-1-5-16(18)29(33,34)35/h1-11,20-21,23H,12H2,(H,36,39)/t20-,21?,23?/m1/s1. The number of anilines is 2. The molecule has 0 radical (unpaired) electrons. The van der Waals surface area contributed by atoms with E-state index in [1.807, 2.05) is 0 Å². The van der Waals surface area contributed by atoms with Gasteiger partial charge >= 0.3 is 11.0 Å². The van der Waals surface area contributed by atoms with Crippen molar-refractivity contribution in [3.05, 3.63) is 108 Å². The third-order valence-electron chi connectivity index (χ3n) is 7.26. The number of alkyl halides is 3. The maximum Gasteiger partial charge on any atom is 0.418 e. The van der Waals surface area contributed by atoms with Crippen molar-refractivity contribution in [2.75, 3.05) is 10.2 Å². The van der Waals surface area contributed by atoms with Gasteiger partial charge in [0, 0.05) is 10.8 Å². The van der Waals surface area contributed by atoms with Gasteiger partial charge in [0.25, 0.3) is 0 Å². The molecule has 2 unspecified atom stereocenters. The Labute approximate surface area is 264 Å². The van der Waals surface area contributed by atoms with Crippen LogP contribution in [0.1, 0.15) is 21.9 Å². The summed E-state index contributed by atoms with van der Waals surface area (Å²) in [4.78, 5) is 54.6. The van der Waals surface area contributed by atoms with E-state index in [9.17, 15) is 36.7 Å². The molecular formula is C29H17Cl2F4N3O4S2. The van der Waals surface area contributed by atoms with E-state index >= 15 is 0 Å². The van der Waals surface area contributed by atoms with Crippen LogP contribution in [0.5, 0.6) is 0 Å². The number of thioether (sulfide) groups is 1. The van der Waals surface area contributed by atoms with Crippen LogP contribution in [0.3, 0.4) is 0 Å². The Bertz CT molecular complexity index is 1890. The summed E-state index contributed by atoms with van der Waals surface area (Å²) in [5.41, 5.74) is -1.02. The molecule has 3 atom stereocenters. The highest BCUT2D eigenvalue weighted by Gasteiger charge is 2.57. The Hall–Kier alpha value is -3.65. The summed E-state index contributed by atoms with van der Waals surface area (Å²) >= 11 is 14.5. The quantitative estimate of drug-likeness (QED) is 0.185. The van der Waals surface area contributed by atoms with E-state index in [1.54, 1.807) is 12.1 Å². The number of benzene rings is 3. The predicted octanol–water partition coefficient (Wildman–Crippen LogP) is 6.81. The van der Waals surface area contributed by atoms with Crippen molar-refractivity contribution in [1.29, 1.82) is 0 Å². The zero-order valence-corrected chi connectivity index (χ0v) is 25.0. The van der Waals surface area contributed by atoms with Crippen LogP contribution in [0.2, 0.25) is 10.0 Å². The second-order valence-electron chi connectivity index (χ2n) is 9.89. The van der Waals surface area contributed by atoms with Gasteiger partial charge in [-0.15, -0.1) is 0 Å². The normalized spacial score (nSPS) is 19.6. The lowest BCUT2D eigenvalue weighted by molar-refractivity contribution is -0.137. The number of rotatable bonds is 5. The number of carbonyl (C=O) groups excluding carboxylic acids is 3. The summed E-state index contributed by atoms with van der Waals surface area (Å²) in [7, 11) is 0. The molecule has 0 spiro atoms. The molecule has 3 heterocycles. The topological polar surface area (TPSA) is 88.5 Å². The number of carbonyl (C=O) groups is 3. The first-order valence-corrected chi connectivity index (χ1v) is 15.3. The number of halogens is 6. The lowest BCUT2D eigenvalue weighted by atomic mass is 9.83. The van der Waals surface area contributed by atoms with Crippen LogP contribution in [0, 0.1) is 11.7 Å². The molecule has 15 heteroatoms. The van der Waals surface area contributed by atoms with Crippen LogP contribution in [-0.4, -0.2) is 27.5 Å². The number of thiazole rings is 1. The average Bonchev–Trinajstić information content (AvgIpc) is 3.41. The highest BCUT2D eigenvalue weighted by molar-refractivity contribution is 8.00. The van der Waals surface area contributed by atoms with Crippen LogP contribution in [0.4, 0.5) is 28.9 Å². The lowest BCUT2D eigenvalue weighted by Gasteiger charge is -2.31. The van der Waals surface area contributed by atoms with Gasteiger partial charge in [0.15, 0.2) is 0 Å². The fraction of sp³-hybridized carbons (Fsp3) is 0.172. The number of fused-ring (bicyclic) bond motifs is 2. The number of amides is 3. The van der Waals surface area contributed by atoms with Gasteiger partial charge in [-0.05, 0) is 48.0 Å². The number of hydrogen-bond donors (Lipinski definition) is 1. The van der Waals surface area contributed by atoms with Crippen molar-refractivity contribution in [1.82, 2.24) is 4.57 Å². The van der Waals surface area contributed by atoms with E-state index in [2.05, 4.69) is 5.32 Å². The van der Waals surface area contributed by atoms with Crippen molar-refractivity contribution < 1.29 is 31.9 Å². The number of imide groups is 1. The van der Waals surface area contributed by atoms with E-state index in [1.165, 1.54) is 30.3 Å². The fourth-order valence-corrected chi connectivity index (χ4v) is 8.56. The van der Waals surface area contributed by atoms with E-state index in [4.69, 9.17) is 23.2 Å². The van der Waals surface area contributed by atoms with Crippen molar-refractivity contribution >= 4 is 75.4 Å². The summed E-state index contributed by atoms with van der Waals surface area (Å²) in [5.74, 6) is -4.67. The van der Waals surface area contributed by atoms with Gasteiger partial charge in [0.05, 0.1) is 37.9 Å². The molecule has 0 saturated carbocycles. The smallest absolute Gasteiger partial charge is 0.324 e. The van der Waals surface area contributed by atoms with Gasteiger partial charge in [0.1, 0.15) is 17.6 Å². The highest BCUT2D eigenvalue weighted by Crippen LogP contribution is 2.55. The van der Waals surface area contributed by atoms with E-state index in [0.717, 1.165) is 56.8 Å². The van der Waals surface area contributed by atoms with Crippen LogP contribution >= 0.6 is 46.3 Å². The molecule has 44 heavy (non-hydrogen) atoms. The first-order chi connectivity index (χ1) is 20.9. The highest BCUT2D eigenvalue weighted by atomic mass is 35.5. The summed E-state index contributed by atoms with van der Waals surface area (Å²) in [6.07, 6.45) is -4.73. The SMILES string of the molecule is O=C(Cn1c2c(sc1=O)[C@H](c1cccc(Cl)c1Cl)C1C(=O)N(c3ccc(F)cc3)C(=O)C1S2)Nc1ccccc1C(F)(F)F. The molecule has 226 valence electrons. The number of para-hydroxylation sites is 1. The Morgan fingerprint density at radius 1 is 0.932 bits per heavy atom. The second kappa shape index (κ2) is 11.4. The van der Waals surface area contributed by atoms with Gasteiger partial charge in [0.2, 0.25) is 17.7 Å². The van der Waals surface area contributed by atoms with E-state index < -0.39 is 69.5 Å². The van der Waals surface area contributed by atoms with Gasteiger partial charge in [-0.1, -0.05) is 70.6 Å². The van der Waals surface area contributed by atoms with Crippen LogP contribution in [0.15, 0.2) is 76.6 Å². The van der Waals surface area contributed by atoms with Crippen LogP contribution in [-0.2, 0) is 27.1 Å². The molecule has 1 fully saturated rings. The van der Waals surface area contributed by atoms with Gasteiger partial charge in [-0.25, -0.2) is 9.29 Å². The summed E-state index contributed by atoms with van der Waals surface area (Å²) < 4.78 is 55.2. The molecule has 7 nitrogen and oxygen atoms in total. The van der Waals surface area contributed by atoms with Gasteiger partial charge in [-0.3, -0.25) is 23.7 Å².